The summed E-state index contributed by atoms with van der Waals surface area (Å²) in [5.41, 5.74) is 1.05. The normalized spacial score (nSPS) is 15.4. The Morgan fingerprint density at radius 1 is 1.00 bits per heavy atom. The Labute approximate surface area is 155 Å². The zero-order valence-electron chi connectivity index (χ0n) is 15.6. The smallest absolute Gasteiger partial charge is 0.234 e. The van der Waals surface area contributed by atoms with E-state index in [0.29, 0.717) is 26.1 Å². The third-order valence-corrected chi connectivity index (χ3v) is 4.71. The number of carbonyl (C=O) groups excluding carboxylic acids is 2. The molecular weight excluding hydrogens is 326 g/mol. The van der Waals surface area contributed by atoms with Crippen LogP contribution in [0.5, 0.6) is 0 Å². The first-order valence-electron chi connectivity index (χ1n) is 9.28. The molecule has 1 N–H and O–H groups in total. The number of rotatable bonds is 5. The van der Waals surface area contributed by atoms with E-state index in [2.05, 4.69) is 34.5 Å². The highest BCUT2D eigenvalue weighted by atomic mass is 16.2. The molecule has 0 unspecified atom stereocenters. The molecule has 138 valence electrons. The molecule has 1 aliphatic rings. The average molecular weight is 353 g/mol. The standard InChI is InChI=1S/C21H27N3O2/c1-16(2)22-20(25)15-23-9-11-24(12-10-23)21(26)14-17-7-8-18-5-3-4-6-19(18)13-17/h3-8,13,16H,9-12,14-15H2,1-2H3,(H,22,25). The number of hydrogen-bond acceptors (Lipinski definition) is 3. The summed E-state index contributed by atoms with van der Waals surface area (Å²) < 4.78 is 0. The summed E-state index contributed by atoms with van der Waals surface area (Å²) in [5.74, 6) is 0.211. The Balaban J connectivity index is 1.51. The number of nitrogens with zero attached hydrogens (tertiary/aromatic N) is 2. The van der Waals surface area contributed by atoms with Gasteiger partial charge in [0.25, 0.3) is 0 Å². The quantitative estimate of drug-likeness (QED) is 0.895. The van der Waals surface area contributed by atoms with Gasteiger partial charge >= 0.3 is 0 Å². The Morgan fingerprint density at radius 2 is 1.69 bits per heavy atom. The van der Waals surface area contributed by atoms with E-state index in [0.717, 1.165) is 18.7 Å². The van der Waals surface area contributed by atoms with Gasteiger partial charge in [0.2, 0.25) is 11.8 Å². The predicted octanol–water partition coefficient (Wildman–Crippen LogP) is 2.05. The lowest BCUT2D eigenvalue weighted by atomic mass is 10.0. The monoisotopic (exact) mass is 353 g/mol. The predicted molar refractivity (Wildman–Crippen MR) is 104 cm³/mol. The lowest BCUT2D eigenvalue weighted by molar-refractivity contribution is -0.132. The molecule has 0 radical (unpaired) electrons. The van der Waals surface area contributed by atoms with Crippen molar-refractivity contribution >= 4 is 22.6 Å². The molecule has 5 nitrogen and oxygen atoms in total. The molecule has 2 aromatic carbocycles. The summed E-state index contributed by atoms with van der Waals surface area (Å²) in [7, 11) is 0. The molecule has 0 aliphatic carbocycles. The van der Waals surface area contributed by atoms with E-state index >= 15 is 0 Å². The molecule has 1 saturated heterocycles. The summed E-state index contributed by atoms with van der Waals surface area (Å²) in [6.45, 7) is 7.18. The number of carbonyl (C=O) groups is 2. The van der Waals surface area contributed by atoms with Gasteiger partial charge in [0, 0.05) is 32.2 Å². The number of benzene rings is 2. The lowest BCUT2D eigenvalue weighted by Gasteiger charge is -2.34. The number of fused-ring (bicyclic) bond motifs is 1. The highest BCUT2D eigenvalue weighted by molar-refractivity contribution is 5.85. The molecular formula is C21H27N3O2. The second-order valence-electron chi connectivity index (χ2n) is 7.24. The zero-order chi connectivity index (χ0) is 18.5. The lowest BCUT2D eigenvalue weighted by Crippen LogP contribution is -2.51. The summed E-state index contributed by atoms with van der Waals surface area (Å²) in [4.78, 5) is 28.5. The fraction of sp³-hybridized carbons (Fsp3) is 0.429. The molecule has 0 aromatic heterocycles. The van der Waals surface area contributed by atoms with Gasteiger partial charge in [-0.1, -0.05) is 42.5 Å². The van der Waals surface area contributed by atoms with Gasteiger partial charge in [0.1, 0.15) is 0 Å². The molecule has 1 heterocycles. The van der Waals surface area contributed by atoms with Crippen LogP contribution in [0, 0.1) is 0 Å². The number of amides is 2. The Bertz CT molecular complexity index is 780. The van der Waals surface area contributed by atoms with Crippen LogP contribution < -0.4 is 5.32 Å². The fourth-order valence-electron chi connectivity index (χ4n) is 3.36. The molecule has 0 atom stereocenters. The molecule has 0 bridgehead atoms. The second-order valence-corrected chi connectivity index (χ2v) is 7.24. The Hall–Kier alpha value is -2.40. The van der Waals surface area contributed by atoms with Crippen molar-refractivity contribution in [3.05, 3.63) is 48.0 Å². The number of piperazine rings is 1. The third kappa shape index (κ3) is 4.82. The maximum Gasteiger partial charge on any atom is 0.234 e. The molecule has 2 amide bonds. The first kappa shape index (κ1) is 18.4. The van der Waals surface area contributed by atoms with Crippen LogP contribution in [-0.4, -0.2) is 60.4 Å². The maximum atomic E-state index is 12.6. The Morgan fingerprint density at radius 3 is 2.38 bits per heavy atom. The summed E-state index contributed by atoms with van der Waals surface area (Å²) in [6, 6.07) is 14.6. The molecule has 0 spiro atoms. The van der Waals surface area contributed by atoms with Crippen LogP contribution in [0.4, 0.5) is 0 Å². The molecule has 26 heavy (non-hydrogen) atoms. The Kier molecular flexibility index (Phi) is 5.89. The van der Waals surface area contributed by atoms with Gasteiger partial charge in [-0.3, -0.25) is 14.5 Å². The number of nitrogens with one attached hydrogen (secondary N) is 1. The van der Waals surface area contributed by atoms with E-state index in [1.807, 2.05) is 36.9 Å². The van der Waals surface area contributed by atoms with E-state index in [4.69, 9.17) is 0 Å². The van der Waals surface area contributed by atoms with Crippen molar-refractivity contribution in [2.24, 2.45) is 0 Å². The molecule has 2 aromatic rings. The van der Waals surface area contributed by atoms with Crippen LogP contribution >= 0.6 is 0 Å². The van der Waals surface area contributed by atoms with E-state index in [9.17, 15) is 9.59 Å². The zero-order valence-corrected chi connectivity index (χ0v) is 15.6. The van der Waals surface area contributed by atoms with Crippen LogP contribution in [-0.2, 0) is 16.0 Å². The van der Waals surface area contributed by atoms with Gasteiger partial charge in [-0.05, 0) is 30.2 Å². The molecule has 5 heteroatoms. The van der Waals surface area contributed by atoms with Gasteiger partial charge in [-0.25, -0.2) is 0 Å². The molecule has 3 rings (SSSR count). The van der Waals surface area contributed by atoms with Gasteiger partial charge in [0.15, 0.2) is 0 Å². The van der Waals surface area contributed by atoms with Gasteiger partial charge in [0.05, 0.1) is 13.0 Å². The SMILES string of the molecule is CC(C)NC(=O)CN1CCN(C(=O)Cc2ccc3ccccc3c2)CC1. The van der Waals surface area contributed by atoms with Crippen LogP contribution in [0.3, 0.4) is 0 Å². The van der Waals surface area contributed by atoms with Crippen molar-refractivity contribution in [3.63, 3.8) is 0 Å². The van der Waals surface area contributed by atoms with Crippen LogP contribution in [0.1, 0.15) is 19.4 Å². The van der Waals surface area contributed by atoms with E-state index in [-0.39, 0.29) is 17.9 Å². The van der Waals surface area contributed by atoms with Crippen LogP contribution in [0.2, 0.25) is 0 Å². The van der Waals surface area contributed by atoms with E-state index < -0.39 is 0 Å². The third-order valence-electron chi connectivity index (χ3n) is 4.71. The highest BCUT2D eigenvalue weighted by Gasteiger charge is 2.22. The fourth-order valence-corrected chi connectivity index (χ4v) is 3.36. The van der Waals surface area contributed by atoms with Crippen molar-refractivity contribution in [1.29, 1.82) is 0 Å². The largest absolute Gasteiger partial charge is 0.353 e. The second kappa shape index (κ2) is 8.32. The van der Waals surface area contributed by atoms with Gasteiger partial charge in [-0.15, -0.1) is 0 Å². The summed E-state index contributed by atoms with van der Waals surface area (Å²) >= 11 is 0. The van der Waals surface area contributed by atoms with Crippen molar-refractivity contribution in [2.75, 3.05) is 32.7 Å². The minimum absolute atomic E-state index is 0.0518. The average Bonchev–Trinajstić information content (AvgIpc) is 2.61. The van der Waals surface area contributed by atoms with E-state index in [1.54, 1.807) is 0 Å². The van der Waals surface area contributed by atoms with Gasteiger partial charge < -0.3 is 10.2 Å². The number of hydrogen-bond donors (Lipinski definition) is 1. The minimum Gasteiger partial charge on any atom is -0.353 e. The van der Waals surface area contributed by atoms with Crippen LogP contribution in [0.25, 0.3) is 10.8 Å². The van der Waals surface area contributed by atoms with Gasteiger partial charge in [-0.2, -0.15) is 0 Å². The first-order valence-corrected chi connectivity index (χ1v) is 9.28. The summed E-state index contributed by atoms with van der Waals surface area (Å²) in [5, 5.41) is 5.27. The van der Waals surface area contributed by atoms with Crippen molar-refractivity contribution < 1.29 is 9.59 Å². The molecule has 1 fully saturated rings. The minimum atomic E-state index is 0.0518. The maximum absolute atomic E-state index is 12.6. The highest BCUT2D eigenvalue weighted by Crippen LogP contribution is 2.16. The van der Waals surface area contributed by atoms with Crippen molar-refractivity contribution in [3.8, 4) is 0 Å². The van der Waals surface area contributed by atoms with Crippen LogP contribution in [0.15, 0.2) is 42.5 Å². The summed E-state index contributed by atoms with van der Waals surface area (Å²) in [6.07, 6.45) is 0.429. The van der Waals surface area contributed by atoms with E-state index in [1.165, 1.54) is 10.8 Å². The first-order chi connectivity index (χ1) is 12.5. The molecule has 1 aliphatic heterocycles. The van der Waals surface area contributed by atoms with Crippen molar-refractivity contribution in [2.45, 2.75) is 26.3 Å². The topological polar surface area (TPSA) is 52.7 Å². The van der Waals surface area contributed by atoms with Crippen molar-refractivity contribution in [1.82, 2.24) is 15.1 Å². The molecule has 0 saturated carbocycles.